The summed E-state index contributed by atoms with van der Waals surface area (Å²) < 4.78 is 9.76. The Bertz CT molecular complexity index is 575. The van der Waals surface area contributed by atoms with E-state index in [4.69, 9.17) is 4.74 Å². The highest BCUT2D eigenvalue weighted by Crippen LogP contribution is 2.18. The number of nitrogens with one attached hydrogen (secondary N) is 1. The third-order valence-electron chi connectivity index (χ3n) is 3.90. The number of rotatable bonds is 5. The van der Waals surface area contributed by atoms with Crippen LogP contribution in [0.2, 0.25) is 0 Å². The number of ether oxygens (including phenoxy) is 2. The maximum atomic E-state index is 12.0. The largest absolute Gasteiger partial charge is 0.465 e. The van der Waals surface area contributed by atoms with Gasteiger partial charge in [0.05, 0.1) is 18.2 Å². The average molecular weight is 319 g/mol. The van der Waals surface area contributed by atoms with Gasteiger partial charge in [0.15, 0.2) is 6.10 Å². The summed E-state index contributed by atoms with van der Waals surface area (Å²) in [7, 11) is 1.29. The van der Waals surface area contributed by atoms with Crippen molar-refractivity contribution in [1.29, 1.82) is 0 Å². The molecule has 1 aliphatic carbocycles. The van der Waals surface area contributed by atoms with Crippen molar-refractivity contribution in [3.05, 3.63) is 35.4 Å². The molecule has 1 aromatic carbocycles. The molecule has 1 amide bonds. The van der Waals surface area contributed by atoms with Crippen LogP contribution in [0.4, 0.5) is 0 Å². The van der Waals surface area contributed by atoms with E-state index in [0.717, 1.165) is 25.7 Å². The van der Waals surface area contributed by atoms with Crippen LogP contribution >= 0.6 is 0 Å². The summed E-state index contributed by atoms with van der Waals surface area (Å²) in [6.07, 6.45) is 3.32. The molecule has 1 saturated carbocycles. The molecule has 2 rings (SSSR count). The molecule has 1 aliphatic rings. The van der Waals surface area contributed by atoms with E-state index >= 15 is 0 Å². The molecule has 1 atom stereocenters. The van der Waals surface area contributed by atoms with Crippen molar-refractivity contribution in [1.82, 2.24) is 5.32 Å². The first-order chi connectivity index (χ1) is 11.0. The van der Waals surface area contributed by atoms with Gasteiger partial charge in [-0.05, 0) is 44.0 Å². The van der Waals surface area contributed by atoms with Gasteiger partial charge >= 0.3 is 11.9 Å². The van der Waals surface area contributed by atoms with Gasteiger partial charge in [-0.15, -0.1) is 0 Å². The van der Waals surface area contributed by atoms with Gasteiger partial charge in [-0.2, -0.15) is 0 Å². The first-order valence-corrected chi connectivity index (χ1v) is 7.71. The number of carbonyl (C=O) groups excluding carboxylic acids is 3. The van der Waals surface area contributed by atoms with Crippen molar-refractivity contribution in [2.24, 2.45) is 0 Å². The molecule has 0 aromatic heterocycles. The predicted molar refractivity (Wildman–Crippen MR) is 83.1 cm³/mol. The van der Waals surface area contributed by atoms with E-state index in [-0.39, 0.29) is 17.5 Å². The Hall–Kier alpha value is -2.37. The van der Waals surface area contributed by atoms with E-state index in [9.17, 15) is 14.4 Å². The number of hydrogen-bond donors (Lipinski definition) is 1. The molecule has 1 N–H and O–H groups in total. The molecular formula is C17H21NO5. The molecule has 0 unspecified atom stereocenters. The molecule has 1 aromatic rings. The van der Waals surface area contributed by atoms with Gasteiger partial charge in [-0.1, -0.05) is 12.8 Å². The van der Waals surface area contributed by atoms with Crippen molar-refractivity contribution in [2.45, 2.75) is 44.8 Å². The third kappa shape index (κ3) is 4.55. The summed E-state index contributed by atoms with van der Waals surface area (Å²) in [6.45, 7) is 1.55. The lowest BCUT2D eigenvalue weighted by atomic mass is 10.1. The molecule has 0 radical (unpaired) electrons. The fraction of sp³-hybridized carbons (Fsp3) is 0.471. The van der Waals surface area contributed by atoms with Gasteiger partial charge in [0.25, 0.3) is 5.91 Å². The second-order valence-corrected chi connectivity index (χ2v) is 5.61. The predicted octanol–water partition coefficient (Wildman–Crippen LogP) is 2.08. The second kappa shape index (κ2) is 7.76. The maximum Gasteiger partial charge on any atom is 0.338 e. The minimum absolute atomic E-state index is 0.183. The summed E-state index contributed by atoms with van der Waals surface area (Å²) in [4.78, 5) is 35.4. The highest BCUT2D eigenvalue weighted by atomic mass is 16.5. The summed E-state index contributed by atoms with van der Waals surface area (Å²) in [5.74, 6) is -1.36. The quantitative estimate of drug-likeness (QED) is 0.840. The summed E-state index contributed by atoms with van der Waals surface area (Å²) in [5.41, 5.74) is 0.620. The number of esters is 2. The second-order valence-electron chi connectivity index (χ2n) is 5.61. The van der Waals surface area contributed by atoms with Gasteiger partial charge in [0, 0.05) is 6.04 Å². The van der Waals surface area contributed by atoms with E-state index in [1.165, 1.54) is 31.4 Å². The third-order valence-corrected chi connectivity index (χ3v) is 3.90. The molecule has 23 heavy (non-hydrogen) atoms. The lowest BCUT2D eigenvalue weighted by Gasteiger charge is -2.17. The maximum absolute atomic E-state index is 12.0. The Kier molecular flexibility index (Phi) is 5.73. The molecule has 0 heterocycles. The zero-order valence-electron chi connectivity index (χ0n) is 13.3. The highest BCUT2D eigenvalue weighted by molar-refractivity contribution is 5.94. The minimum Gasteiger partial charge on any atom is -0.465 e. The normalized spacial score (nSPS) is 15.7. The van der Waals surface area contributed by atoms with Crippen LogP contribution in [-0.2, 0) is 14.3 Å². The van der Waals surface area contributed by atoms with Gasteiger partial charge in [0.2, 0.25) is 0 Å². The van der Waals surface area contributed by atoms with E-state index < -0.39 is 18.0 Å². The van der Waals surface area contributed by atoms with E-state index in [1.807, 2.05) is 0 Å². The summed E-state index contributed by atoms with van der Waals surface area (Å²) >= 11 is 0. The van der Waals surface area contributed by atoms with Crippen LogP contribution in [0.3, 0.4) is 0 Å². The lowest BCUT2D eigenvalue weighted by molar-refractivity contribution is -0.129. The SMILES string of the molecule is COC(=O)c1ccc(C(=O)O[C@H](C)C(=O)NC2CCCC2)cc1. The number of methoxy groups -OCH3 is 1. The zero-order chi connectivity index (χ0) is 16.8. The van der Waals surface area contributed by atoms with Gasteiger partial charge in [0.1, 0.15) is 0 Å². The first-order valence-electron chi connectivity index (χ1n) is 7.71. The molecule has 124 valence electrons. The standard InChI is InChI=1S/C17H21NO5/c1-11(15(19)18-14-5-3-4-6-14)23-17(21)13-9-7-12(8-10-13)16(20)22-2/h7-11,14H,3-6H2,1-2H3,(H,18,19)/t11-/m1/s1. The van der Waals surface area contributed by atoms with Crippen LogP contribution in [0.1, 0.15) is 53.3 Å². The van der Waals surface area contributed by atoms with Crippen LogP contribution in [0.5, 0.6) is 0 Å². The highest BCUT2D eigenvalue weighted by Gasteiger charge is 2.23. The Labute approximate surface area is 135 Å². The molecule has 0 bridgehead atoms. The molecule has 0 saturated heterocycles. The number of hydrogen-bond acceptors (Lipinski definition) is 5. The fourth-order valence-corrected chi connectivity index (χ4v) is 2.53. The number of amides is 1. The average Bonchev–Trinajstić information content (AvgIpc) is 3.07. The van der Waals surface area contributed by atoms with Crippen molar-refractivity contribution < 1.29 is 23.9 Å². The number of benzene rings is 1. The van der Waals surface area contributed by atoms with Crippen molar-refractivity contribution >= 4 is 17.8 Å². The smallest absolute Gasteiger partial charge is 0.338 e. The Morgan fingerprint density at radius 1 is 1.04 bits per heavy atom. The van der Waals surface area contributed by atoms with Crippen molar-refractivity contribution in [3.63, 3.8) is 0 Å². The zero-order valence-corrected chi connectivity index (χ0v) is 13.3. The Morgan fingerprint density at radius 2 is 1.57 bits per heavy atom. The van der Waals surface area contributed by atoms with Gasteiger partial charge in [-0.25, -0.2) is 9.59 Å². The van der Waals surface area contributed by atoms with Crippen LogP contribution in [-0.4, -0.2) is 37.1 Å². The topological polar surface area (TPSA) is 81.7 Å². The first kappa shape index (κ1) is 17.0. The van der Waals surface area contributed by atoms with Gasteiger partial charge in [-0.3, -0.25) is 4.79 Å². The Balaban J connectivity index is 1.89. The molecule has 1 fully saturated rings. The fourth-order valence-electron chi connectivity index (χ4n) is 2.53. The van der Waals surface area contributed by atoms with Crippen molar-refractivity contribution in [3.8, 4) is 0 Å². The van der Waals surface area contributed by atoms with Crippen molar-refractivity contribution in [2.75, 3.05) is 7.11 Å². The summed E-state index contributed by atoms with van der Waals surface area (Å²) in [5, 5.41) is 2.89. The van der Waals surface area contributed by atoms with Gasteiger partial charge < -0.3 is 14.8 Å². The van der Waals surface area contributed by atoms with Crippen LogP contribution in [0.25, 0.3) is 0 Å². The molecular weight excluding hydrogens is 298 g/mol. The van der Waals surface area contributed by atoms with E-state index in [2.05, 4.69) is 10.1 Å². The molecule has 0 spiro atoms. The molecule has 6 nitrogen and oxygen atoms in total. The minimum atomic E-state index is -0.858. The monoisotopic (exact) mass is 319 g/mol. The number of carbonyl (C=O) groups is 3. The molecule has 0 aliphatic heterocycles. The summed E-state index contributed by atoms with van der Waals surface area (Å²) in [6, 6.07) is 6.08. The van der Waals surface area contributed by atoms with Crippen LogP contribution in [0, 0.1) is 0 Å². The van der Waals surface area contributed by atoms with Crippen LogP contribution < -0.4 is 5.32 Å². The van der Waals surface area contributed by atoms with E-state index in [0.29, 0.717) is 5.56 Å². The van der Waals surface area contributed by atoms with E-state index in [1.54, 1.807) is 6.92 Å². The van der Waals surface area contributed by atoms with Crippen LogP contribution in [0.15, 0.2) is 24.3 Å². The lowest BCUT2D eigenvalue weighted by Crippen LogP contribution is -2.40. The molecule has 6 heteroatoms. The Morgan fingerprint density at radius 3 is 2.09 bits per heavy atom.